The molecule has 1 heterocycles. The third-order valence-electron chi connectivity index (χ3n) is 6.12. The van der Waals surface area contributed by atoms with Crippen molar-refractivity contribution >= 4 is 29.1 Å². The van der Waals surface area contributed by atoms with Crippen LogP contribution < -0.4 is 10.6 Å². The van der Waals surface area contributed by atoms with Crippen molar-refractivity contribution in [3.05, 3.63) is 45.9 Å². The van der Waals surface area contributed by atoms with Gasteiger partial charge in [-0.05, 0) is 36.5 Å². The summed E-state index contributed by atoms with van der Waals surface area (Å²) in [5.41, 5.74) is 1.77. The number of phenols is 1. The average molecular weight is 488 g/mol. The van der Waals surface area contributed by atoms with Gasteiger partial charge in [-0.3, -0.25) is 14.4 Å². The molecule has 1 aliphatic carbocycles. The number of thiazole rings is 1. The Balaban J connectivity index is 1.72. The van der Waals surface area contributed by atoms with Crippen LogP contribution in [0.1, 0.15) is 74.2 Å². The number of aliphatic carboxylic acids is 1. The van der Waals surface area contributed by atoms with Crippen LogP contribution in [0.5, 0.6) is 5.75 Å². The highest BCUT2D eigenvalue weighted by Gasteiger charge is 2.26. The average Bonchev–Trinajstić information content (AvgIpc) is 3.26. The molecule has 9 heteroatoms. The van der Waals surface area contributed by atoms with Gasteiger partial charge in [0.2, 0.25) is 11.8 Å². The van der Waals surface area contributed by atoms with Crippen LogP contribution in [0.4, 0.5) is 0 Å². The number of nitrogens with one attached hydrogen (secondary N) is 2. The summed E-state index contributed by atoms with van der Waals surface area (Å²) in [7, 11) is 0. The number of rotatable bonds is 11. The van der Waals surface area contributed by atoms with E-state index in [1.165, 1.54) is 62.5 Å². The smallest absolute Gasteiger partial charge is 0.303 e. The molecule has 1 saturated carbocycles. The van der Waals surface area contributed by atoms with Gasteiger partial charge in [0.15, 0.2) is 0 Å². The van der Waals surface area contributed by atoms with Gasteiger partial charge in [-0.15, -0.1) is 11.3 Å². The predicted octanol–water partition coefficient (Wildman–Crippen LogP) is 3.74. The number of nitrogens with zero attached hydrogens (tertiary/aromatic N) is 1. The van der Waals surface area contributed by atoms with Crippen molar-refractivity contribution in [3.8, 4) is 5.75 Å². The number of benzene rings is 1. The Bertz CT molecular complexity index is 969. The van der Waals surface area contributed by atoms with Crippen molar-refractivity contribution in [1.29, 1.82) is 0 Å². The zero-order valence-electron chi connectivity index (χ0n) is 19.5. The molecule has 2 amide bonds. The second-order valence-electron chi connectivity index (χ2n) is 9.00. The largest absolute Gasteiger partial charge is 0.508 e. The maximum Gasteiger partial charge on any atom is 0.303 e. The maximum atomic E-state index is 13.2. The highest BCUT2D eigenvalue weighted by molar-refractivity contribution is 7.09. The number of carbonyl (C=O) groups is 3. The van der Waals surface area contributed by atoms with Crippen LogP contribution in [-0.2, 0) is 27.2 Å². The first-order chi connectivity index (χ1) is 16.3. The molecule has 2 atom stereocenters. The molecule has 1 aromatic carbocycles. The quantitative estimate of drug-likeness (QED) is 0.382. The molecule has 2 unspecified atom stereocenters. The summed E-state index contributed by atoms with van der Waals surface area (Å²) >= 11 is 1.44. The van der Waals surface area contributed by atoms with Crippen LogP contribution in [0.25, 0.3) is 0 Å². The summed E-state index contributed by atoms with van der Waals surface area (Å²) < 4.78 is 0. The van der Waals surface area contributed by atoms with E-state index in [1.807, 2.05) is 5.38 Å². The van der Waals surface area contributed by atoms with E-state index in [0.717, 1.165) is 17.7 Å². The highest BCUT2D eigenvalue weighted by atomic mass is 32.1. The summed E-state index contributed by atoms with van der Waals surface area (Å²) in [6.07, 6.45) is 7.47. The monoisotopic (exact) mass is 487 g/mol. The van der Waals surface area contributed by atoms with E-state index in [4.69, 9.17) is 4.98 Å². The molecule has 0 radical (unpaired) electrons. The molecule has 0 spiro atoms. The molecule has 1 fully saturated rings. The topological polar surface area (TPSA) is 129 Å². The van der Waals surface area contributed by atoms with Gasteiger partial charge in [-0.2, -0.15) is 0 Å². The number of aromatic nitrogens is 1. The summed E-state index contributed by atoms with van der Waals surface area (Å²) in [5, 5.41) is 27.0. The number of amides is 2. The van der Waals surface area contributed by atoms with Gasteiger partial charge in [-0.1, -0.05) is 44.2 Å². The van der Waals surface area contributed by atoms with Crippen molar-refractivity contribution in [1.82, 2.24) is 15.6 Å². The molecule has 0 bridgehead atoms. The Kier molecular flexibility index (Phi) is 9.44. The lowest BCUT2D eigenvalue weighted by atomic mass is 9.86. The lowest BCUT2D eigenvalue weighted by Crippen LogP contribution is -2.48. The van der Waals surface area contributed by atoms with Crippen molar-refractivity contribution in [2.45, 2.75) is 76.8 Å². The molecule has 0 saturated heterocycles. The van der Waals surface area contributed by atoms with Gasteiger partial charge in [0.05, 0.1) is 11.7 Å². The Morgan fingerprint density at radius 2 is 1.82 bits per heavy atom. The van der Waals surface area contributed by atoms with Crippen molar-refractivity contribution in [3.63, 3.8) is 0 Å². The standard InChI is InChI=1S/C25H33N3O5S/c1-16(29)26-22(14-18-7-9-20(30)10-8-18)24(33)28-21(11-12-23(31)32)25-27-19(15-34-25)13-17-5-3-2-4-6-17/h7-10,15,17,21-22,30H,2-6,11-14H2,1H3,(H,26,29)(H,28,33)(H,31,32). The van der Waals surface area contributed by atoms with Crippen molar-refractivity contribution in [2.75, 3.05) is 0 Å². The summed E-state index contributed by atoms with van der Waals surface area (Å²) in [5.74, 6) is -0.940. The molecule has 2 aromatic rings. The molecule has 0 aliphatic heterocycles. The third kappa shape index (κ3) is 8.13. The van der Waals surface area contributed by atoms with Crippen molar-refractivity contribution in [2.24, 2.45) is 5.92 Å². The van der Waals surface area contributed by atoms with Crippen LogP contribution in [0.3, 0.4) is 0 Å². The van der Waals surface area contributed by atoms with Gasteiger partial charge < -0.3 is 20.8 Å². The first-order valence-electron chi connectivity index (χ1n) is 11.8. The van der Waals surface area contributed by atoms with E-state index in [-0.39, 0.29) is 30.9 Å². The van der Waals surface area contributed by atoms with Gasteiger partial charge in [0, 0.05) is 25.1 Å². The molecule has 1 aromatic heterocycles. The molecule has 1 aliphatic rings. The fourth-order valence-corrected chi connectivity index (χ4v) is 5.30. The lowest BCUT2D eigenvalue weighted by Gasteiger charge is -2.22. The van der Waals surface area contributed by atoms with Crippen LogP contribution in [0.15, 0.2) is 29.6 Å². The van der Waals surface area contributed by atoms with E-state index < -0.39 is 24.0 Å². The minimum absolute atomic E-state index is 0.106. The SMILES string of the molecule is CC(=O)NC(Cc1ccc(O)cc1)C(=O)NC(CCC(=O)O)c1nc(CC2CCCCC2)cs1. The second-order valence-corrected chi connectivity index (χ2v) is 9.89. The minimum atomic E-state index is -0.944. The number of carboxylic acids is 1. The number of phenolic OH excluding ortho intramolecular Hbond substituents is 1. The Morgan fingerprint density at radius 3 is 2.47 bits per heavy atom. The zero-order valence-corrected chi connectivity index (χ0v) is 20.3. The zero-order chi connectivity index (χ0) is 24.5. The van der Waals surface area contributed by atoms with Crippen LogP contribution >= 0.6 is 11.3 Å². The summed E-state index contributed by atoms with van der Waals surface area (Å²) in [6, 6.07) is 5.05. The molecule has 4 N–H and O–H groups in total. The number of carbonyl (C=O) groups excluding carboxylic acids is 2. The van der Waals surface area contributed by atoms with E-state index in [2.05, 4.69) is 10.6 Å². The van der Waals surface area contributed by atoms with Gasteiger partial charge in [0.25, 0.3) is 0 Å². The first-order valence-corrected chi connectivity index (χ1v) is 12.7. The summed E-state index contributed by atoms with van der Waals surface area (Å²) in [4.78, 5) is 40.9. The van der Waals surface area contributed by atoms with E-state index >= 15 is 0 Å². The molecule has 8 nitrogen and oxygen atoms in total. The van der Waals surface area contributed by atoms with Gasteiger partial charge >= 0.3 is 5.97 Å². The predicted molar refractivity (Wildman–Crippen MR) is 130 cm³/mol. The molecule has 3 rings (SSSR count). The van der Waals surface area contributed by atoms with Gasteiger partial charge in [0.1, 0.15) is 16.8 Å². The molecular weight excluding hydrogens is 454 g/mol. The number of carboxylic acid groups (broad SMARTS) is 1. The first kappa shape index (κ1) is 25.7. The van der Waals surface area contributed by atoms with Gasteiger partial charge in [-0.25, -0.2) is 4.98 Å². The summed E-state index contributed by atoms with van der Waals surface area (Å²) in [6.45, 7) is 1.34. The second kappa shape index (κ2) is 12.5. The van der Waals surface area contributed by atoms with E-state index in [0.29, 0.717) is 10.9 Å². The maximum absolute atomic E-state index is 13.2. The fraction of sp³-hybridized carbons (Fsp3) is 0.520. The molecule has 184 valence electrons. The van der Waals surface area contributed by atoms with Crippen molar-refractivity contribution < 1.29 is 24.6 Å². The van der Waals surface area contributed by atoms with Crippen LogP contribution in [0.2, 0.25) is 0 Å². The Morgan fingerprint density at radius 1 is 1.12 bits per heavy atom. The van der Waals surface area contributed by atoms with E-state index in [9.17, 15) is 24.6 Å². The number of hydrogen-bond acceptors (Lipinski definition) is 6. The number of hydrogen-bond donors (Lipinski definition) is 4. The lowest BCUT2D eigenvalue weighted by molar-refractivity contribution is -0.137. The molecule has 34 heavy (non-hydrogen) atoms. The van der Waals surface area contributed by atoms with Crippen LogP contribution in [-0.4, -0.2) is 39.0 Å². The Hall–Kier alpha value is -2.94. The Labute approximate surface area is 203 Å². The minimum Gasteiger partial charge on any atom is -0.508 e. The normalized spacial score (nSPS) is 15.9. The third-order valence-corrected chi connectivity index (χ3v) is 7.13. The molecular formula is C25H33N3O5S. The fourth-order valence-electron chi connectivity index (χ4n) is 4.38. The number of aromatic hydroxyl groups is 1. The van der Waals surface area contributed by atoms with Crippen LogP contribution in [0, 0.1) is 5.92 Å². The van der Waals surface area contributed by atoms with E-state index in [1.54, 1.807) is 12.1 Å². The highest BCUT2D eigenvalue weighted by Crippen LogP contribution is 2.29.